The Balaban J connectivity index is 1.81. The maximum atomic E-state index is 11.2. The molecule has 0 saturated carbocycles. The van der Waals surface area contributed by atoms with Gasteiger partial charge in [-0.2, -0.15) is 0 Å². The number of nitrogens with zero attached hydrogens (tertiary/aromatic N) is 2. The van der Waals surface area contributed by atoms with Crippen LogP contribution >= 0.6 is 0 Å². The average molecular weight is 254 g/mol. The van der Waals surface area contributed by atoms with Gasteiger partial charge in [0.2, 0.25) is 5.91 Å². The van der Waals surface area contributed by atoms with Crippen molar-refractivity contribution in [3.05, 3.63) is 0 Å². The van der Waals surface area contributed by atoms with Crippen molar-refractivity contribution in [2.45, 2.75) is 51.1 Å². The molecule has 18 heavy (non-hydrogen) atoms. The van der Waals surface area contributed by atoms with E-state index in [1.807, 2.05) is 0 Å². The average Bonchev–Trinajstić information content (AvgIpc) is 2.72. The van der Waals surface area contributed by atoms with Crippen molar-refractivity contribution in [2.24, 2.45) is 5.84 Å². The lowest BCUT2D eigenvalue weighted by Crippen LogP contribution is -2.41. The summed E-state index contributed by atoms with van der Waals surface area (Å²) in [6.45, 7) is 7.10. The van der Waals surface area contributed by atoms with Crippen molar-refractivity contribution >= 4 is 5.91 Å². The molecule has 2 heterocycles. The van der Waals surface area contributed by atoms with Crippen LogP contribution in [-0.2, 0) is 4.79 Å². The Morgan fingerprint density at radius 1 is 1.39 bits per heavy atom. The second-order valence-corrected chi connectivity index (χ2v) is 5.64. The zero-order valence-electron chi connectivity index (χ0n) is 11.4. The smallest absolute Gasteiger partial charge is 0.233 e. The number of hydrogen-bond donors (Lipinski definition) is 2. The van der Waals surface area contributed by atoms with Crippen LogP contribution in [0.1, 0.15) is 39.0 Å². The van der Waals surface area contributed by atoms with Crippen molar-refractivity contribution < 1.29 is 4.79 Å². The summed E-state index contributed by atoms with van der Waals surface area (Å²) in [6, 6.07) is 1.22. The van der Waals surface area contributed by atoms with Crippen molar-refractivity contribution in [2.75, 3.05) is 26.2 Å². The van der Waals surface area contributed by atoms with Gasteiger partial charge in [-0.25, -0.2) is 5.84 Å². The van der Waals surface area contributed by atoms with Crippen LogP contribution in [0.25, 0.3) is 0 Å². The summed E-state index contributed by atoms with van der Waals surface area (Å²) in [5.41, 5.74) is 2.21. The van der Waals surface area contributed by atoms with E-state index in [0.717, 1.165) is 12.5 Å². The Kier molecular flexibility index (Phi) is 4.97. The summed E-state index contributed by atoms with van der Waals surface area (Å²) in [4.78, 5) is 16.4. The first-order valence-electron chi connectivity index (χ1n) is 7.18. The number of nitrogens with one attached hydrogen (secondary N) is 1. The predicted octanol–water partition coefficient (Wildman–Crippen LogP) is 0.315. The minimum Gasteiger partial charge on any atom is -0.299 e. The van der Waals surface area contributed by atoms with Gasteiger partial charge in [0.15, 0.2) is 0 Å². The molecule has 0 bridgehead atoms. The summed E-state index contributed by atoms with van der Waals surface area (Å²) in [6.07, 6.45) is 5.37. The van der Waals surface area contributed by atoms with Crippen LogP contribution in [0.5, 0.6) is 0 Å². The Morgan fingerprint density at radius 3 is 2.94 bits per heavy atom. The van der Waals surface area contributed by atoms with Crippen LogP contribution < -0.4 is 11.3 Å². The molecule has 2 saturated heterocycles. The standard InChI is InChI=1S/C13H26N4O/c1-11(5-6-13(18)15-14)17-9-3-8-16-7-2-4-12(16)10-17/h11-12H,2-10,14H2,1H3,(H,15,18). The van der Waals surface area contributed by atoms with E-state index in [0.29, 0.717) is 12.5 Å². The van der Waals surface area contributed by atoms with Crippen molar-refractivity contribution in [3.8, 4) is 0 Å². The highest BCUT2D eigenvalue weighted by Crippen LogP contribution is 2.23. The molecule has 2 unspecified atom stereocenters. The summed E-state index contributed by atoms with van der Waals surface area (Å²) in [5, 5.41) is 0. The number of carbonyl (C=O) groups is 1. The Morgan fingerprint density at radius 2 is 2.17 bits per heavy atom. The van der Waals surface area contributed by atoms with Gasteiger partial charge in [0, 0.05) is 25.0 Å². The number of fused-ring (bicyclic) bond motifs is 1. The van der Waals surface area contributed by atoms with E-state index in [-0.39, 0.29) is 5.91 Å². The summed E-state index contributed by atoms with van der Waals surface area (Å²) >= 11 is 0. The summed E-state index contributed by atoms with van der Waals surface area (Å²) < 4.78 is 0. The molecule has 2 rings (SSSR count). The molecule has 0 spiro atoms. The van der Waals surface area contributed by atoms with E-state index in [2.05, 4.69) is 22.1 Å². The molecule has 2 aliphatic rings. The van der Waals surface area contributed by atoms with Gasteiger partial charge in [-0.15, -0.1) is 0 Å². The number of rotatable bonds is 4. The van der Waals surface area contributed by atoms with Gasteiger partial charge < -0.3 is 0 Å². The molecule has 3 N–H and O–H groups in total. The molecule has 2 fully saturated rings. The summed E-state index contributed by atoms with van der Waals surface area (Å²) in [7, 11) is 0. The zero-order chi connectivity index (χ0) is 13.0. The van der Waals surface area contributed by atoms with Gasteiger partial charge in [-0.05, 0) is 52.2 Å². The molecular formula is C13H26N4O. The fraction of sp³-hybridized carbons (Fsp3) is 0.923. The second kappa shape index (κ2) is 6.50. The first-order chi connectivity index (χ1) is 8.70. The highest BCUT2D eigenvalue weighted by molar-refractivity contribution is 5.75. The van der Waals surface area contributed by atoms with E-state index >= 15 is 0 Å². The number of hydrazine groups is 1. The lowest BCUT2D eigenvalue weighted by atomic mass is 10.1. The van der Waals surface area contributed by atoms with Crippen LogP contribution in [-0.4, -0.2) is 54.0 Å². The Bertz CT molecular complexity index is 284. The number of carbonyl (C=O) groups excluding carboxylic acids is 1. The monoisotopic (exact) mass is 254 g/mol. The van der Waals surface area contributed by atoms with Gasteiger partial charge in [0.25, 0.3) is 0 Å². The third-order valence-corrected chi connectivity index (χ3v) is 4.41. The van der Waals surface area contributed by atoms with Crippen LogP contribution in [0.4, 0.5) is 0 Å². The number of hydrogen-bond acceptors (Lipinski definition) is 4. The Labute approximate surface area is 110 Å². The second-order valence-electron chi connectivity index (χ2n) is 5.64. The van der Waals surface area contributed by atoms with Gasteiger partial charge >= 0.3 is 0 Å². The van der Waals surface area contributed by atoms with E-state index in [4.69, 9.17) is 5.84 Å². The number of amides is 1. The zero-order valence-corrected chi connectivity index (χ0v) is 11.4. The van der Waals surface area contributed by atoms with E-state index < -0.39 is 0 Å². The molecule has 1 amide bonds. The molecule has 0 radical (unpaired) electrons. The molecule has 2 atom stereocenters. The topological polar surface area (TPSA) is 61.6 Å². The largest absolute Gasteiger partial charge is 0.299 e. The molecule has 2 aliphatic heterocycles. The van der Waals surface area contributed by atoms with E-state index in [1.54, 1.807) is 0 Å². The molecule has 0 aromatic rings. The van der Waals surface area contributed by atoms with Gasteiger partial charge in [0.1, 0.15) is 0 Å². The fourth-order valence-electron chi connectivity index (χ4n) is 3.23. The van der Waals surface area contributed by atoms with E-state index in [9.17, 15) is 4.79 Å². The lowest BCUT2D eigenvalue weighted by Gasteiger charge is -2.30. The SMILES string of the molecule is CC(CCC(=O)NN)N1CCCN2CCCC2C1. The predicted molar refractivity (Wildman–Crippen MR) is 71.8 cm³/mol. The van der Waals surface area contributed by atoms with E-state index in [1.165, 1.54) is 45.4 Å². The molecule has 0 aliphatic carbocycles. The quantitative estimate of drug-likeness (QED) is 0.431. The van der Waals surface area contributed by atoms with Crippen LogP contribution in [0.3, 0.4) is 0 Å². The van der Waals surface area contributed by atoms with Crippen LogP contribution in [0.2, 0.25) is 0 Å². The first kappa shape index (κ1) is 13.8. The van der Waals surface area contributed by atoms with Crippen LogP contribution in [0, 0.1) is 0 Å². The van der Waals surface area contributed by atoms with Crippen LogP contribution in [0.15, 0.2) is 0 Å². The lowest BCUT2D eigenvalue weighted by molar-refractivity contribution is -0.121. The highest BCUT2D eigenvalue weighted by atomic mass is 16.2. The first-order valence-corrected chi connectivity index (χ1v) is 7.18. The number of nitrogens with two attached hydrogens (primary N) is 1. The fourth-order valence-corrected chi connectivity index (χ4v) is 3.23. The summed E-state index contributed by atoms with van der Waals surface area (Å²) in [5.74, 6) is 5.06. The third-order valence-electron chi connectivity index (χ3n) is 4.41. The normalized spacial score (nSPS) is 27.6. The molecule has 0 aromatic heterocycles. The Hall–Kier alpha value is -0.650. The molecular weight excluding hydrogens is 228 g/mol. The minimum absolute atomic E-state index is 0.0563. The maximum Gasteiger partial charge on any atom is 0.233 e. The molecule has 5 nitrogen and oxygen atoms in total. The van der Waals surface area contributed by atoms with Crippen molar-refractivity contribution in [1.82, 2.24) is 15.2 Å². The van der Waals surface area contributed by atoms with Crippen molar-refractivity contribution in [1.29, 1.82) is 0 Å². The van der Waals surface area contributed by atoms with Crippen molar-refractivity contribution in [3.63, 3.8) is 0 Å². The van der Waals surface area contributed by atoms with Gasteiger partial charge in [-0.3, -0.25) is 20.0 Å². The van der Waals surface area contributed by atoms with Gasteiger partial charge in [0.05, 0.1) is 0 Å². The molecule has 0 aromatic carbocycles. The maximum absolute atomic E-state index is 11.2. The molecule has 5 heteroatoms. The highest BCUT2D eigenvalue weighted by Gasteiger charge is 2.30. The van der Waals surface area contributed by atoms with Gasteiger partial charge in [-0.1, -0.05) is 0 Å². The minimum atomic E-state index is -0.0563. The third kappa shape index (κ3) is 3.43. The molecule has 104 valence electrons.